The first kappa shape index (κ1) is 7.42. The second kappa shape index (κ2) is 3.47. The molecule has 0 unspecified atom stereocenters. The highest BCUT2D eigenvalue weighted by molar-refractivity contribution is 5.86. The lowest BCUT2D eigenvalue weighted by molar-refractivity contribution is 0.0656. The Labute approximate surface area is 64.0 Å². The Morgan fingerprint density at radius 1 is 1.73 bits per heavy atom. The minimum Gasteiger partial charge on any atom is -0.457 e. The van der Waals surface area contributed by atoms with Crippen LogP contribution < -0.4 is 0 Å². The second-order valence-electron chi connectivity index (χ2n) is 1.72. The van der Waals surface area contributed by atoms with Crippen LogP contribution in [0.5, 0.6) is 0 Å². The Kier molecular flexibility index (Phi) is 2.34. The van der Waals surface area contributed by atoms with Crippen LogP contribution in [0.15, 0.2) is 22.8 Å². The predicted octanol–water partition coefficient (Wildman–Crippen LogP) is 1.42. The molecule has 1 aromatic heterocycles. The van der Waals surface area contributed by atoms with Crippen LogP contribution in [0.25, 0.3) is 0 Å². The van der Waals surface area contributed by atoms with Gasteiger partial charge in [-0.2, -0.15) is 0 Å². The summed E-state index contributed by atoms with van der Waals surface area (Å²) in [5.41, 5.74) is 0. The van der Waals surface area contributed by atoms with Crippen molar-refractivity contribution in [2.24, 2.45) is 0 Å². The van der Waals surface area contributed by atoms with E-state index in [1.54, 1.807) is 13.0 Å². The number of carbonyl (C=O) groups excluding carboxylic acids is 1. The summed E-state index contributed by atoms with van der Waals surface area (Å²) in [7, 11) is 0. The number of hydrogen-bond acceptors (Lipinski definition) is 3. The summed E-state index contributed by atoms with van der Waals surface area (Å²) in [6.07, 6.45) is 3.58. The van der Waals surface area contributed by atoms with Crippen molar-refractivity contribution < 1.29 is 13.9 Å². The maximum Gasteiger partial charge on any atom is 0.388 e. The number of carbonyl (C=O) groups is 1. The molecule has 1 rings (SSSR count). The molecule has 3 heteroatoms. The van der Waals surface area contributed by atoms with Crippen molar-refractivity contribution >= 4 is 5.97 Å². The Balaban J connectivity index is 2.61. The third-order valence-electron chi connectivity index (χ3n) is 0.968. The number of furan rings is 1. The normalized spacial score (nSPS) is 8.09. The second-order valence-corrected chi connectivity index (χ2v) is 1.72. The summed E-state index contributed by atoms with van der Waals surface area (Å²) < 4.78 is 9.19. The predicted molar refractivity (Wildman–Crippen MR) is 37.6 cm³/mol. The zero-order valence-electron chi connectivity index (χ0n) is 5.96. The summed E-state index contributed by atoms with van der Waals surface area (Å²) in [4.78, 5) is 10.8. The number of ether oxygens (including phenoxy) is 1. The molecule has 0 N–H and O–H groups in total. The van der Waals surface area contributed by atoms with Crippen LogP contribution in [0.3, 0.4) is 0 Å². The van der Waals surface area contributed by atoms with E-state index in [0.29, 0.717) is 0 Å². The molecular formula is C8H6O3. The van der Waals surface area contributed by atoms with Gasteiger partial charge < -0.3 is 9.15 Å². The molecule has 0 aliphatic heterocycles. The van der Waals surface area contributed by atoms with E-state index in [2.05, 4.69) is 16.8 Å². The van der Waals surface area contributed by atoms with Crippen molar-refractivity contribution in [2.45, 2.75) is 6.92 Å². The fourth-order valence-electron chi connectivity index (χ4n) is 0.542. The summed E-state index contributed by atoms with van der Waals surface area (Å²) in [6, 6.07) is 3.12. The van der Waals surface area contributed by atoms with Crippen molar-refractivity contribution in [1.82, 2.24) is 0 Å². The average Bonchev–Trinajstić information content (AvgIpc) is 2.52. The van der Waals surface area contributed by atoms with Crippen LogP contribution in [0, 0.1) is 12.0 Å². The Hall–Kier alpha value is -1.69. The first-order chi connectivity index (χ1) is 5.34. The summed E-state index contributed by atoms with van der Waals surface area (Å²) in [6.45, 7) is 1.58. The first-order valence-corrected chi connectivity index (χ1v) is 3.01. The van der Waals surface area contributed by atoms with Crippen molar-refractivity contribution in [1.29, 1.82) is 0 Å². The van der Waals surface area contributed by atoms with Crippen LogP contribution in [-0.4, -0.2) is 5.97 Å². The smallest absolute Gasteiger partial charge is 0.388 e. The van der Waals surface area contributed by atoms with Crippen molar-refractivity contribution in [2.75, 3.05) is 0 Å². The summed E-state index contributed by atoms with van der Waals surface area (Å²) in [5, 5.41) is 0. The molecule has 0 fully saturated rings. The van der Waals surface area contributed by atoms with Crippen LogP contribution >= 0.6 is 0 Å². The van der Waals surface area contributed by atoms with Crippen LogP contribution in [0.1, 0.15) is 17.5 Å². The third kappa shape index (κ3) is 1.87. The monoisotopic (exact) mass is 150 g/mol. The molecule has 0 radical (unpaired) electrons. The minimum atomic E-state index is -0.565. The highest BCUT2D eigenvalue weighted by Gasteiger charge is 2.07. The zero-order chi connectivity index (χ0) is 8.10. The molecule has 3 nitrogen and oxygen atoms in total. The van der Waals surface area contributed by atoms with Crippen molar-refractivity contribution in [3.63, 3.8) is 0 Å². The Morgan fingerprint density at radius 3 is 3.09 bits per heavy atom. The van der Waals surface area contributed by atoms with E-state index >= 15 is 0 Å². The molecule has 0 saturated heterocycles. The quantitative estimate of drug-likeness (QED) is 0.449. The maximum atomic E-state index is 10.8. The van der Waals surface area contributed by atoms with Gasteiger partial charge in [0.15, 0.2) is 0 Å². The van der Waals surface area contributed by atoms with Gasteiger partial charge in [0.05, 0.1) is 6.26 Å². The molecule has 0 spiro atoms. The van der Waals surface area contributed by atoms with Crippen molar-refractivity contribution in [3.8, 4) is 12.0 Å². The molecule has 0 aliphatic carbocycles. The number of rotatable bonds is 1. The van der Waals surface area contributed by atoms with Gasteiger partial charge in [-0.1, -0.05) is 5.92 Å². The topological polar surface area (TPSA) is 39.4 Å². The number of hydrogen-bond donors (Lipinski definition) is 0. The van der Waals surface area contributed by atoms with Gasteiger partial charge in [-0.25, -0.2) is 4.79 Å². The Bertz CT molecular complexity index is 287. The van der Waals surface area contributed by atoms with Gasteiger partial charge in [-0.3, -0.25) is 0 Å². The largest absolute Gasteiger partial charge is 0.457 e. The first-order valence-electron chi connectivity index (χ1n) is 3.01. The molecule has 1 heterocycles. The molecule has 0 saturated carbocycles. The van der Waals surface area contributed by atoms with Gasteiger partial charge in [-0.05, 0) is 12.1 Å². The van der Waals surface area contributed by atoms with Gasteiger partial charge in [0, 0.05) is 6.92 Å². The SMILES string of the molecule is CC#COC(=O)c1ccco1. The Morgan fingerprint density at radius 2 is 2.55 bits per heavy atom. The minimum absolute atomic E-state index is 0.160. The summed E-state index contributed by atoms with van der Waals surface area (Å²) in [5.74, 6) is 2.02. The van der Waals surface area contributed by atoms with E-state index in [1.165, 1.54) is 12.3 Å². The van der Waals surface area contributed by atoms with Crippen molar-refractivity contribution in [3.05, 3.63) is 24.2 Å². The van der Waals surface area contributed by atoms with E-state index in [0.717, 1.165) is 0 Å². The number of esters is 1. The van der Waals surface area contributed by atoms with Gasteiger partial charge in [-0.15, -0.1) is 0 Å². The molecule has 56 valence electrons. The van der Waals surface area contributed by atoms with Crippen LogP contribution in [-0.2, 0) is 4.74 Å². The zero-order valence-corrected chi connectivity index (χ0v) is 5.96. The highest BCUT2D eigenvalue weighted by Crippen LogP contribution is 2.00. The fraction of sp³-hybridized carbons (Fsp3) is 0.125. The molecule has 11 heavy (non-hydrogen) atoms. The maximum absolute atomic E-state index is 10.8. The lowest BCUT2D eigenvalue weighted by Crippen LogP contribution is -1.97. The average molecular weight is 150 g/mol. The van der Waals surface area contributed by atoms with Crippen LogP contribution in [0.2, 0.25) is 0 Å². The lowest BCUT2D eigenvalue weighted by Gasteiger charge is -1.88. The molecule has 0 aliphatic rings. The van der Waals surface area contributed by atoms with Gasteiger partial charge in [0.2, 0.25) is 5.76 Å². The molecule has 0 atom stereocenters. The molecule has 0 bridgehead atoms. The molecular weight excluding hydrogens is 144 g/mol. The van der Waals surface area contributed by atoms with E-state index < -0.39 is 5.97 Å². The van der Waals surface area contributed by atoms with Gasteiger partial charge in [0.1, 0.15) is 6.11 Å². The van der Waals surface area contributed by atoms with E-state index in [9.17, 15) is 4.79 Å². The highest BCUT2D eigenvalue weighted by atomic mass is 16.5. The van der Waals surface area contributed by atoms with E-state index in [4.69, 9.17) is 4.42 Å². The van der Waals surface area contributed by atoms with Gasteiger partial charge >= 0.3 is 5.97 Å². The fourth-order valence-corrected chi connectivity index (χ4v) is 0.542. The van der Waals surface area contributed by atoms with Gasteiger partial charge in [0.25, 0.3) is 0 Å². The molecule has 0 aromatic carbocycles. The molecule has 0 amide bonds. The standard InChI is InChI=1S/C8H6O3/c1-2-5-11-8(9)7-4-3-6-10-7/h3-4,6H,1H3. The third-order valence-corrected chi connectivity index (χ3v) is 0.968. The van der Waals surface area contributed by atoms with E-state index in [1.807, 2.05) is 0 Å². The molecule has 1 aromatic rings. The summed E-state index contributed by atoms with van der Waals surface area (Å²) >= 11 is 0. The lowest BCUT2D eigenvalue weighted by atomic mass is 10.5. The van der Waals surface area contributed by atoms with Crippen LogP contribution in [0.4, 0.5) is 0 Å². The van der Waals surface area contributed by atoms with E-state index in [-0.39, 0.29) is 5.76 Å².